The third-order valence-electron chi connectivity index (χ3n) is 6.21. The third-order valence-corrected chi connectivity index (χ3v) is 6.21. The molecule has 0 saturated heterocycles. The summed E-state index contributed by atoms with van der Waals surface area (Å²) in [5.74, 6) is 0.773. The van der Waals surface area contributed by atoms with Crippen molar-refractivity contribution in [1.82, 2.24) is 14.2 Å². The molecule has 0 aliphatic heterocycles. The van der Waals surface area contributed by atoms with E-state index in [4.69, 9.17) is 9.40 Å². The van der Waals surface area contributed by atoms with Crippen LogP contribution in [0.2, 0.25) is 0 Å². The second-order valence-electron chi connectivity index (χ2n) is 8.22. The number of hydrogen-bond acceptors (Lipinski definition) is 5. The highest BCUT2D eigenvalue weighted by molar-refractivity contribution is 6.01. The van der Waals surface area contributed by atoms with E-state index in [1.807, 2.05) is 72.2 Å². The fourth-order valence-corrected chi connectivity index (χ4v) is 4.49. The van der Waals surface area contributed by atoms with E-state index in [0.717, 1.165) is 27.5 Å². The normalized spacial score (nSPS) is 11.7. The highest BCUT2D eigenvalue weighted by Crippen LogP contribution is 2.28. The van der Waals surface area contributed by atoms with Gasteiger partial charge in [0.2, 0.25) is 5.82 Å². The van der Waals surface area contributed by atoms with E-state index in [1.165, 1.54) is 4.68 Å². The number of nitriles is 1. The summed E-state index contributed by atoms with van der Waals surface area (Å²) in [4.78, 5) is 18.3. The molecule has 0 unspecified atom stereocenters. The van der Waals surface area contributed by atoms with E-state index in [9.17, 15) is 10.1 Å². The van der Waals surface area contributed by atoms with Crippen LogP contribution in [0.25, 0.3) is 44.4 Å². The highest BCUT2D eigenvalue weighted by Gasteiger charge is 2.17. The number of fused-ring (bicyclic) bond motifs is 3. The molecule has 0 N–H and O–H groups in total. The molecule has 0 aliphatic rings. The topological polar surface area (TPSA) is 89.1 Å². The van der Waals surface area contributed by atoms with Crippen molar-refractivity contribution in [3.05, 3.63) is 100 Å². The third kappa shape index (κ3) is 3.31. The molecule has 6 rings (SSSR count). The first-order chi connectivity index (χ1) is 17.2. The van der Waals surface area contributed by atoms with Gasteiger partial charge in [-0.05, 0) is 37.3 Å². The van der Waals surface area contributed by atoms with Crippen molar-refractivity contribution in [3.63, 3.8) is 0 Å². The van der Waals surface area contributed by atoms with Gasteiger partial charge in [-0.15, -0.1) is 0 Å². The van der Waals surface area contributed by atoms with Crippen LogP contribution in [0.3, 0.4) is 0 Å². The lowest BCUT2D eigenvalue weighted by Gasteiger charge is -2.07. The van der Waals surface area contributed by atoms with Crippen LogP contribution in [-0.4, -0.2) is 20.4 Å². The summed E-state index contributed by atoms with van der Waals surface area (Å²) >= 11 is 0. The summed E-state index contributed by atoms with van der Waals surface area (Å²) < 4.78 is 9.27. The van der Waals surface area contributed by atoms with Gasteiger partial charge in [0.25, 0.3) is 5.56 Å². The molecular weight excluding hydrogens is 438 g/mol. The molecule has 0 atom stereocenters. The predicted molar refractivity (Wildman–Crippen MR) is 136 cm³/mol. The molecule has 35 heavy (non-hydrogen) atoms. The van der Waals surface area contributed by atoms with Crippen molar-refractivity contribution in [2.24, 2.45) is 5.10 Å². The van der Waals surface area contributed by atoms with Crippen LogP contribution in [0.4, 0.5) is 0 Å². The average molecular weight is 457 g/mol. The molecule has 0 amide bonds. The Bertz CT molecular complexity index is 1850. The summed E-state index contributed by atoms with van der Waals surface area (Å²) in [5, 5.41) is 16.3. The van der Waals surface area contributed by atoms with Crippen LogP contribution in [-0.2, 0) is 6.54 Å². The predicted octanol–water partition coefficient (Wildman–Crippen LogP) is 5.48. The molecular formula is C28H19N5O2. The number of rotatable bonds is 4. The van der Waals surface area contributed by atoms with E-state index < -0.39 is 0 Å². The van der Waals surface area contributed by atoms with Crippen LogP contribution in [0, 0.1) is 18.3 Å². The first kappa shape index (κ1) is 20.6. The Morgan fingerprint density at radius 1 is 1.03 bits per heavy atom. The summed E-state index contributed by atoms with van der Waals surface area (Å²) in [6.07, 6.45) is 1.66. The lowest BCUT2D eigenvalue weighted by molar-refractivity contribution is 0.616. The summed E-state index contributed by atoms with van der Waals surface area (Å²) in [6, 6.07) is 26.8. The van der Waals surface area contributed by atoms with E-state index in [1.54, 1.807) is 24.4 Å². The van der Waals surface area contributed by atoms with Crippen LogP contribution in [0.15, 0.2) is 93.2 Å². The summed E-state index contributed by atoms with van der Waals surface area (Å²) in [5.41, 5.74) is 3.65. The lowest BCUT2D eigenvalue weighted by atomic mass is 10.1. The Hall–Kier alpha value is -4.96. The number of furan rings is 1. The average Bonchev–Trinajstić information content (AvgIpc) is 3.43. The molecule has 0 spiro atoms. The van der Waals surface area contributed by atoms with Gasteiger partial charge in [-0.25, -0.2) is 4.98 Å². The van der Waals surface area contributed by atoms with Crippen LogP contribution in [0.1, 0.15) is 11.3 Å². The smallest absolute Gasteiger partial charge is 0.282 e. The van der Waals surface area contributed by atoms with Crippen molar-refractivity contribution in [2.45, 2.75) is 13.5 Å². The van der Waals surface area contributed by atoms with E-state index in [0.29, 0.717) is 28.1 Å². The molecule has 3 aromatic heterocycles. The van der Waals surface area contributed by atoms with Gasteiger partial charge in [0.15, 0.2) is 5.76 Å². The van der Waals surface area contributed by atoms with Crippen LogP contribution < -0.4 is 5.56 Å². The zero-order valence-electron chi connectivity index (χ0n) is 18.8. The van der Waals surface area contributed by atoms with Gasteiger partial charge in [0.05, 0.1) is 23.2 Å². The van der Waals surface area contributed by atoms with Crippen molar-refractivity contribution in [2.75, 3.05) is 0 Å². The minimum atomic E-state index is -0.291. The minimum Gasteiger partial charge on any atom is -0.453 e. The van der Waals surface area contributed by atoms with Crippen LogP contribution >= 0.6 is 0 Å². The highest BCUT2D eigenvalue weighted by atomic mass is 16.3. The Labute approximate surface area is 199 Å². The zero-order valence-corrected chi connectivity index (χ0v) is 18.8. The number of benzene rings is 3. The van der Waals surface area contributed by atoms with Crippen molar-refractivity contribution >= 4 is 39.0 Å². The number of hydrogen-bond donors (Lipinski definition) is 0. The molecule has 168 valence electrons. The van der Waals surface area contributed by atoms with E-state index in [-0.39, 0.29) is 12.1 Å². The maximum atomic E-state index is 13.5. The second-order valence-corrected chi connectivity index (χ2v) is 8.22. The van der Waals surface area contributed by atoms with Gasteiger partial charge in [-0.2, -0.15) is 15.0 Å². The number of nitrogens with zero attached hydrogens (tertiary/aromatic N) is 5. The number of aromatic nitrogens is 3. The standard InChI is InChI=1S/C28H19N5O2/c1-18-22(20-9-4-6-12-24(20)32(18)15-14-29)17-30-33-27(26-16-19-8-2-7-13-25(19)35-26)31-23-11-5-3-10-21(23)28(33)34/h2-13,16-17H,15H2,1H3. The molecule has 0 aliphatic carbocycles. The maximum Gasteiger partial charge on any atom is 0.282 e. The maximum absolute atomic E-state index is 13.5. The van der Waals surface area contributed by atoms with Crippen LogP contribution in [0.5, 0.6) is 0 Å². The molecule has 7 heteroatoms. The molecule has 3 heterocycles. The molecule has 0 radical (unpaired) electrons. The first-order valence-electron chi connectivity index (χ1n) is 11.2. The van der Waals surface area contributed by atoms with Gasteiger partial charge in [-0.3, -0.25) is 4.79 Å². The van der Waals surface area contributed by atoms with Gasteiger partial charge in [-0.1, -0.05) is 48.5 Å². The Balaban J connectivity index is 1.60. The quantitative estimate of drug-likeness (QED) is 0.328. The fourth-order valence-electron chi connectivity index (χ4n) is 4.49. The van der Waals surface area contributed by atoms with Crippen molar-refractivity contribution in [3.8, 4) is 17.7 Å². The molecule has 3 aromatic carbocycles. The first-order valence-corrected chi connectivity index (χ1v) is 11.2. The lowest BCUT2D eigenvalue weighted by Crippen LogP contribution is -2.20. The Morgan fingerprint density at radius 3 is 2.60 bits per heavy atom. The van der Waals surface area contributed by atoms with Gasteiger partial charge in [0.1, 0.15) is 12.1 Å². The molecule has 7 nitrogen and oxygen atoms in total. The molecule has 0 fully saturated rings. The molecule has 0 saturated carbocycles. The number of para-hydroxylation sites is 3. The fraction of sp³-hybridized carbons (Fsp3) is 0.0714. The van der Waals surface area contributed by atoms with E-state index in [2.05, 4.69) is 11.2 Å². The van der Waals surface area contributed by atoms with Gasteiger partial charge in [0, 0.05) is 27.5 Å². The molecule has 0 bridgehead atoms. The SMILES string of the molecule is Cc1c(C=Nn2c(-c3cc4ccccc4o3)nc3ccccc3c2=O)c2ccccc2n1CC#N. The Kier molecular flexibility index (Phi) is 4.78. The van der Waals surface area contributed by atoms with Crippen molar-refractivity contribution in [1.29, 1.82) is 5.26 Å². The summed E-state index contributed by atoms with van der Waals surface area (Å²) in [6.45, 7) is 2.17. The van der Waals surface area contributed by atoms with Gasteiger partial charge >= 0.3 is 0 Å². The largest absolute Gasteiger partial charge is 0.453 e. The molecule has 6 aromatic rings. The second kappa shape index (κ2) is 8.12. The van der Waals surface area contributed by atoms with Crippen molar-refractivity contribution < 1.29 is 4.42 Å². The Morgan fingerprint density at radius 2 is 1.77 bits per heavy atom. The van der Waals surface area contributed by atoms with Gasteiger partial charge < -0.3 is 8.98 Å². The zero-order chi connectivity index (χ0) is 23.9. The van der Waals surface area contributed by atoms with E-state index >= 15 is 0 Å². The summed E-state index contributed by atoms with van der Waals surface area (Å²) in [7, 11) is 0. The minimum absolute atomic E-state index is 0.224. The monoisotopic (exact) mass is 457 g/mol.